The van der Waals surface area contributed by atoms with Crippen molar-refractivity contribution in [3.63, 3.8) is 0 Å². The van der Waals surface area contributed by atoms with Crippen molar-refractivity contribution in [2.75, 3.05) is 0 Å². The molecule has 1 saturated heterocycles. The first-order valence-electron chi connectivity index (χ1n) is 6.51. The van der Waals surface area contributed by atoms with Crippen molar-refractivity contribution in [2.45, 2.75) is 70.9 Å². The van der Waals surface area contributed by atoms with Crippen LogP contribution in [-0.2, 0) is 0 Å². The first-order chi connectivity index (χ1) is 6.75. The van der Waals surface area contributed by atoms with Crippen LogP contribution >= 0.6 is 0 Å². The highest BCUT2D eigenvalue weighted by molar-refractivity contribution is 4.85. The zero-order valence-corrected chi connectivity index (χ0v) is 9.76. The van der Waals surface area contributed by atoms with E-state index >= 15 is 0 Å². The molecule has 2 aliphatic rings. The van der Waals surface area contributed by atoms with Gasteiger partial charge >= 0.3 is 0 Å². The lowest BCUT2D eigenvalue weighted by Gasteiger charge is -2.38. The molecular formula is C13H25N. The molecular weight excluding hydrogens is 170 g/mol. The molecule has 1 N–H and O–H groups in total. The van der Waals surface area contributed by atoms with E-state index in [1.54, 1.807) is 0 Å². The monoisotopic (exact) mass is 195 g/mol. The summed E-state index contributed by atoms with van der Waals surface area (Å²) in [4.78, 5) is 0. The number of nitrogens with one attached hydrogen (secondary N) is 1. The second kappa shape index (κ2) is 4.65. The van der Waals surface area contributed by atoms with Crippen molar-refractivity contribution >= 4 is 0 Å². The van der Waals surface area contributed by atoms with Crippen LogP contribution in [0.25, 0.3) is 0 Å². The van der Waals surface area contributed by atoms with E-state index in [1.165, 1.54) is 44.9 Å². The van der Waals surface area contributed by atoms with Gasteiger partial charge in [-0.1, -0.05) is 26.2 Å². The fourth-order valence-electron chi connectivity index (χ4n) is 3.24. The minimum absolute atomic E-state index is 0.771. The molecule has 0 radical (unpaired) electrons. The molecule has 1 aliphatic heterocycles. The van der Waals surface area contributed by atoms with E-state index in [0.29, 0.717) is 0 Å². The summed E-state index contributed by atoms with van der Waals surface area (Å²) in [5, 5.41) is 3.80. The number of hydrogen-bond donors (Lipinski definition) is 1. The van der Waals surface area contributed by atoms with Gasteiger partial charge in [0.1, 0.15) is 0 Å². The van der Waals surface area contributed by atoms with Gasteiger partial charge in [-0.15, -0.1) is 0 Å². The van der Waals surface area contributed by atoms with Crippen LogP contribution in [0.5, 0.6) is 0 Å². The molecule has 1 aliphatic carbocycles. The molecule has 2 atom stereocenters. The largest absolute Gasteiger partial charge is 0.311 e. The average Bonchev–Trinajstić information content (AvgIpc) is 2.19. The minimum Gasteiger partial charge on any atom is -0.311 e. The predicted molar refractivity (Wildman–Crippen MR) is 61.4 cm³/mol. The van der Waals surface area contributed by atoms with Gasteiger partial charge in [-0.05, 0) is 44.4 Å². The zero-order chi connectivity index (χ0) is 9.97. The van der Waals surface area contributed by atoms with Gasteiger partial charge in [0, 0.05) is 12.1 Å². The molecule has 0 aromatic carbocycles. The van der Waals surface area contributed by atoms with E-state index in [2.05, 4.69) is 19.2 Å². The molecule has 1 heteroatoms. The molecule has 1 saturated carbocycles. The molecule has 14 heavy (non-hydrogen) atoms. The van der Waals surface area contributed by atoms with Crippen molar-refractivity contribution < 1.29 is 0 Å². The maximum Gasteiger partial charge on any atom is 0.00978 e. The van der Waals surface area contributed by atoms with Gasteiger partial charge in [0.15, 0.2) is 0 Å². The van der Waals surface area contributed by atoms with E-state index in [0.717, 1.165) is 23.9 Å². The van der Waals surface area contributed by atoms with Gasteiger partial charge < -0.3 is 5.32 Å². The van der Waals surface area contributed by atoms with Crippen molar-refractivity contribution in [3.8, 4) is 0 Å². The fourth-order valence-corrected chi connectivity index (χ4v) is 3.24. The van der Waals surface area contributed by atoms with E-state index in [4.69, 9.17) is 0 Å². The highest BCUT2D eigenvalue weighted by atomic mass is 15.0. The third kappa shape index (κ3) is 2.50. The van der Waals surface area contributed by atoms with Gasteiger partial charge in [-0.25, -0.2) is 0 Å². The molecule has 1 nitrogen and oxygen atoms in total. The lowest BCUT2D eigenvalue weighted by Crippen LogP contribution is -2.45. The lowest BCUT2D eigenvalue weighted by atomic mass is 9.76. The van der Waals surface area contributed by atoms with Gasteiger partial charge in [-0.3, -0.25) is 0 Å². The molecule has 2 rings (SSSR count). The van der Waals surface area contributed by atoms with Crippen molar-refractivity contribution in [1.29, 1.82) is 0 Å². The van der Waals surface area contributed by atoms with Gasteiger partial charge in [0.25, 0.3) is 0 Å². The minimum atomic E-state index is 0.771. The van der Waals surface area contributed by atoms with Crippen LogP contribution in [0.3, 0.4) is 0 Å². The second-order valence-electron chi connectivity index (χ2n) is 5.63. The van der Waals surface area contributed by atoms with E-state index in [-0.39, 0.29) is 0 Å². The molecule has 1 heterocycles. The average molecular weight is 195 g/mol. The summed E-state index contributed by atoms with van der Waals surface area (Å²) < 4.78 is 0. The third-order valence-corrected chi connectivity index (χ3v) is 4.28. The van der Waals surface area contributed by atoms with Crippen LogP contribution in [0.15, 0.2) is 0 Å². The van der Waals surface area contributed by atoms with Gasteiger partial charge in [-0.2, -0.15) is 0 Å². The SMILES string of the molecule is CC1CCC(C2CCCC(C)N2)CC1. The van der Waals surface area contributed by atoms with Gasteiger partial charge in [0.2, 0.25) is 0 Å². The summed E-state index contributed by atoms with van der Waals surface area (Å²) in [6.07, 6.45) is 10.2. The van der Waals surface area contributed by atoms with Crippen LogP contribution in [0, 0.1) is 11.8 Å². The van der Waals surface area contributed by atoms with Gasteiger partial charge in [0.05, 0.1) is 0 Å². The predicted octanol–water partition coefficient (Wildman–Crippen LogP) is 3.34. The van der Waals surface area contributed by atoms with Crippen LogP contribution in [-0.4, -0.2) is 12.1 Å². The highest BCUT2D eigenvalue weighted by Crippen LogP contribution is 2.33. The highest BCUT2D eigenvalue weighted by Gasteiger charge is 2.28. The lowest BCUT2D eigenvalue weighted by molar-refractivity contribution is 0.188. The summed E-state index contributed by atoms with van der Waals surface area (Å²) in [7, 11) is 0. The van der Waals surface area contributed by atoms with Crippen molar-refractivity contribution in [3.05, 3.63) is 0 Å². The Labute approximate surface area is 88.7 Å². The Balaban J connectivity index is 1.82. The Morgan fingerprint density at radius 1 is 0.857 bits per heavy atom. The van der Waals surface area contributed by atoms with E-state index in [9.17, 15) is 0 Å². The van der Waals surface area contributed by atoms with Crippen LogP contribution < -0.4 is 5.32 Å². The fraction of sp³-hybridized carbons (Fsp3) is 1.00. The summed E-state index contributed by atoms with van der Waals surface area (Å²) in [6.45, 7) is 4.75. The first kappa shape index (κ1) is 10.5. The molecule has 0 spiro atoms. The summed E-state index contributed by atoms with van der Waals surface area (Å²) in [6, 6.07) is 1.62. The molecule has 0 bridgehead atoms. The number of piperidine rings is 1. The van der Waals surface area contributed by atoms with Crippen LogP contribution in [0.2, 0.25) is 0 Å². The van der Waals surface area contributed by atoms with E-state index in [1.807, 2.05) is 0 Å². The number of hydrogen-bond acceptors (Lipinski definition) is 1. The molecule has 0 aromatic rings. The van der Waals surface area contributed by atoms with E-state index < -0.39 is 0 Å². The second-order valence-corrected chi connectivity index (χ2v) is 5.63. The molecule has 2 unspecified atom stereocenters. The third-order valence-electron chi connectivity index (χ3n) is 4.28. The maximum atomic E-state index is 3.80. The first-order valence-corrected chi connectivity index (χ1v) is 6.51. The Kier molecular flexibility index (Phi) is 3.48. The molecule has 82 valence electrons. The summed E-state index contributed by atoms with van der Waals surface area (Å²) in [5.41, 5.74) is 0. The Morgan fingerprint density at radius 2 is 1.57 bits per heavy atom. The topological polar surface area (TPSA) is 12.0 Å². The molecule has 0 aromatic heterocycles. The molecule has 0 amide bonds. The number of rotatable bonds is 1. The quantitative estimate of drug-likeness (QED) is 0.676. The normalized spacial score (nSPS) is 45.0. The Morgan fingerprint density at radius 3 is 2.21 bits per heavy atom. The zero-order valence-electron chi connectivity index (χ0n) is 9.76. The summed E-state index contributed by atoms with van der Waals surface area (Å²) >= 11 is 0. The standard InChI is InChI=1S/C13H25N/c1-10-6-8-12(9-7-10)13-5-3-4-11(2)14-13/h10-14H,3-9H2,1-2H3. The Bertz CT molecular complexity index is 170. The maximum absolute atomic E-state index is 3.80. The van der Waals surface area contributed by atoms with Crippen LogP contribution in [0.1, 0.15) is 58.8 Å². The summed E-state index contributed by atoms with van der Waals surface area (Å²) in [5.74, 6) is 1.99. The smallest absolute Gasteiger partial charge is 0.00978 e. The van der Waals surface area contributed by atoms with Crippen molar-refractivity contribution in [2.24, 2.45) is 11.8 Å². The van der Waals surface area contributed by atoms with Crippen LogP contribution in [0.4, 0.5) is 0 Å². The van der Waals surface area contributed by atoms with Crippen molar-refractivity contribution in [1.82, 2.24) is 5.32 Å². The molecule has 2 fully saturated rings. The Hall–Kier alpha value is -0.0400.